The molecule has 0 radical (unpaired) electrons. The predicted molar refractivity (Wildman–Crippen MR) is 62.7 cm³/mol. The third-order valence-corrected chi connectivity index (χ3v) is 2.20. The molecule has 0 aliphatic heterocycles. The summed E-state index contributed by atoms with van der Waals surface area (Å²) < 4.78 is 45.4. The van der Waals surface area contributed by atoms with E-state index in [1.54, 1.807) is 19.2 Å². The van der Waals surface area contributed by atoms with Crippen LogP contribution in [0.3, 0.4) is 0 Å². The fraction of sp³-hybridized carbons (Fsp3) is 0.500. The molecule has 0 amide bonds. The van der Waals surface area contributed by atoms with E-state index in [2.05, 4.69) is 10.1 Å². The molecule has 1 aromatic carbocycles. The number of methoxy groups -OCH3 is 1. The molecular formula is C12H16F3NO2. The lowest BCUT2D eigenvalue weighted by Crippen LogP contribution is -2.20. The molecular weight excluding hydrogens is 247 g/mol. The maximum absolute atomic E-state index is 12.2. The number of alkyl halides is 3. The van der Waals surface area contributed by atoms with Crippen molar-refractivity contribution in [3.8, 4) is 5.75 Å². The van der Waals surface area contributed by atoms with Crippen LogP contribution < -0.4 is 10.1 Å². The summed E-state index contributed by atoms with van der Waals surface area (Å²) >= 11 is 0. The second-order valence-electron chi connectivity index (χ2n) is 3.99. The first-order chi connectivity index (χ1) is 8.42. The van der Waals surface area contributed by atoms with E-state index in [1.165, 1.54) is 12.1 Å². The van der Waals surface area contributed by atoms with Crippen LogP contribution in [0.1, 0.15) is 6.92 Å². The zero-order valence-electron chi connectivity index (χ0n) is 10.3. The molecule has 0 bridgehead atoms. The Balaban J connectivity index is 2.65. The van der Waals surface area contributed by atoms with Gasteiger partial charge in [0.15, 0.2) is 5.75 Å². The summed E-state index contributed by atoms with van der Waals surface area (Å²) in [5.74, 6) is -0.0384. The van der Waals surface area contributed by atoms with Crippen LogP contribution in [0.25, 0.3) is 0 Å². The molecule has 0 aliphatic carbocycles. The van der Waals surface area contributed by atoms with Crippen LogP contribution in [-0.2, 0) is 4.74 Å². The number of rotatable bonds is 6. The molecule has 1 atom stereocenters. The van der Waals surface area contributed by atoms with E-state index in [0.29, 0.717) is 18.8 Å². The first-order valence-electron chi connectivity index (χ1n) is 5.50. The van der Waals surface area contributed by atoms with Gasteiger partial charge in [-0.2, -0.15) is 0 Å². The van der Waals surface area contributed by atoms with Gasteiger partial charge in [-0.25, -0.2) is 0 Å². The number of nitrogens with one attached hydrogen (secondary N) is 1. The number of anilines is 1. The third-order valence-electron chi connectivity index (χ3n) is 2.20. The maximum Gasteiger partial charge on any atom is 0.573 e. The van der Waals surface area contributed by atoms with Gasteiger partial charge in [-0.3, -0.25) is 0 Å². The number of ether oxygens (including phenoxy) is 2. The molecule has 0 aliphatic rings. The first-order valence-corrected chi connectivity index (χ1v) is 5.50. The molecule has 6 heteroatoms. The Morgan fingerprint density at radius 1 is 1.28 bits per heavy atom. The highest BCUT2D eigenvalue weighted by Crippen LogP contribution is 2.29. The van der Waals surface area contributed by atoms with Crippen LogP contribution in [0.15, 0.2) is 24.3 Å². The average molecular weight is 263 g/mol. The van der Waals surface area contributed by atoms with Crippen LogP contribution in [-0.4, -0.2) is 26.6 Å². The highest BCUT2D eigenvalue weighted by atomic mass is 19.4. The van der Waals surface area contributed by atoms with Gasteiger partial charge >= 0.3 is 6.36 Å². The van der Waals surface area contributed by atoms with Crippen LogP contribution in [0, 0.1) is 5.92 Å². The molecule has 0 fully saturated rings. The van der Waals surface area contributed by atoms with Gasteiger partial charge < -0.3 is 14.8 Å². The van der Waals surface area contributed by atoms with Crippen molar-refractivity contribution in [2.45, 2.75) is 13.3 Å². The van der Waals surface area contributed by atoms with Crippen molar-refractivity contribution in [2.75, 3.05) is 25.6 Å². The SMILES string of the molecule is COCC(C)CNc1ccccc1OC(F)(F)F. The Labute approximate surface area is 104 Å². The summed E-state index contributed by atoms with van der Waals surface area (Å²) in [6, 6.07) is 5.95. The Kier molecular flexibility index (Phi) is 5.27. The summed E-state index contributed by atoms with van der Waals surface area (Å²) in [4.78, 5) is 0. The smallest absolute Gasteiger partial charge is 0.404 e. The van der Waals surface area contributed by atoms with Crippen LogP contribution >= 0.6 is 0 Å². The molecule has 18 heavy (non-hydrogen) atoms. The molecule has 0 heterocycles. The number of halogens is 3. The lowest BCUT2D eigenvalue weighted by atomic mass is 10.2. The van der Waals surface area contributed by atoms with Crippen molar-refractivity contribution in [1.82, 2.24) is 0 Å². The van der Waals surface area contributed by atoms with Crippen LogP contribution in [0.4, 0.5) is 18.9 Å². The fourth-order valence-electron chi connectivity index (χ4n) is 1.45. The quantitative estimate of drug-likeness (QED) is 0.854. The molecule has 0 saturated heterocycles. The van der Waals surface area contributed by atoms with E-state index < -0.39 is 6.36 Å². The van der Waals surface area contributed by atoms with Gasteiger partial charge in [0, 0.05) is 13.7 Å². The van der Waals surface area contributed by atoms with Gasteiger partial charge in [0.05, 0.1) is 12.3 Å². The van der Waals surface area contributed by atoms with Crippen molar-refractivity contribution >= 4 is 5.69 Å². The van der Waals surface area contributed by atoms with Crippen molar-refractivity contribution in [3.05, 3.63) is 24.3 Å². The molecule has 1 rings (SSSR count). The summed E-state index contributed by atoms with van der Waals surface area (Å²) in [6.45, 7) is 2.98. The second kappa shape index (κ2) is 6.49. The molecule has 0 saturated carbocycles. The summed E-state index contributed by atoms with van der Waals surface area (Å²) in [6.07, 6.45) is -4.68. The van der Waals surface area contributed by atoms with Crippen molar-refractivity contribution in [3.63, 3.8) is 0 Å². The number of hydrogen-bond donors (Lipinski definition) is 1. The second-order valence-corrected chi connectivity index (χ2v) is 3.99. The normalized spacial score (nSPS) is 13.2. The summed E-state index contributed by atoms with van der Waals surface area (Å²) in [5, 5.41) is 2.92. The largest absolute Gasteiger partial charge is 0.573 e. The molecule has 1 N–H and O–H groups in total. The number of benzene rings is 1. The van der Waals surface area contributed by atoms with E-state index in [0.717, 1.165) is 0 Å². The van der Waals surface area contributed by atoms with Gasteiger partial charge in [0.1, 0.15) is 0 Å². The van der Waals surface area contributed by atoms with Crippen LogP contribution in [0.5, 0.6) is 5.75 Å². The van der Waals surface area contributed by atoms with E-state index in [4.69, 9.17) is 4.74 Å². The minimum absolute atomic E-state index is 0.189. The van der Waals surface area contributed by atoms with E-state index >= 15 is 0 Å². The average Bonchev–Trinajstić information content (AvgIpc) is 2.26. The fourth-order valence-corrected chi connectivity index (χ4v) is 1.45. The predicted octanol–water partition coefficient (Wildman–Crippen LogP) is 3.28. The van der Waals surface area contributed by atoms with E-state index in [-0.39, 0.29) is 11.7 Å². The van der Waals surface area contributed by atoms with Crippen molar-refractivity contribution in [2.24, 2.45) is 5.92 Å². The highest BCUT2D eigenvalue weighted by Gasteiger charge is 2.32. The number of para-hydroxylation sites is 2. The zero-order valence-corrected chi connectivity index (χ0v) is 10.3. The lowest BCUT2D eigenvalue weighted by Gasteiger charge is -2.16. The van der Waals surface area contributed by atoms with Gasteiger partial charge in [-0.15, -0.1) is 13.2 Å². The van der Waals surface area contributed by atoms with Crippen molar-refractivity contribution in [1.29, 1.82) is 0 Å². The van der Waals surface area contributed by atoms with Gasteiger partial charge in [0.25, 0.3) is 0 Å². The topological polar surface area (TPSA) is 30.5 Å². The van der Waals surface area contributed by atoms with E-state index in [9.17, 15) is 13.2 Å². The molecule has 3 nitrogen and oxygen atoms in total. The minimum atomic E-state index is -4.68. The Hall–Kier alpha value is -1.43. The zero-order chi connectivity index (χ0) is 13.6. The van der Waals surface area contributed by atoms with Crippen molar-refractivity contribution < 1.29 is 22.6 Å². The molecule has 1 unspecified atom stereocenters. The molecule has 1 aromatic rings. The first kappa shape index (κ1) is 14.6. The maximum atomic E-state index is 12.2. The molecule has 0 aromatic heterocycles. The Morgan fingerprint density at radius 2 is 1.94 bits per heavy atom. The lowest BCUT2D eigenvalue weighted by molar-refractivity contribution is -0.274. The Bertz CT molecular complexity index is 369. The van der Waals surface area contributed by atoms with Gasteiger partial charge in [0.2, 0.25) is 0 Å². The molecule has 102 valence electrons. The Morgan fingerprint density at radius 3 is 2.56 bits per heavy atom. The van der Waals surface area contributed by atoms with Gasteiger partial charge in [-0.1, -0.05) is 19.1 Å². The van der Waals surface area contributed by atoms with Gasteiger partial charge in [-0.05, 0) is 18.1 Å². The van der Waals surface area contributed by atoms with Crippen LogP contribution in [0.2, 0.25) is 0 Å². The minimum Gasteiger partial charge on any atom is -0.404 e. The molecule has 0 spiro atoms. The van der Waals surface area contributed by atoms with E-state index in [1.807, 2.05) is 6.92 Å². The highest BCUT2D eigenvalue weighted by molar-refractivity contribution is 5.56. The number of hydrogen-bond acceptors (Lipinski definition) is 3. The monoisotopic (exact) mass is 263 g/mol. The standard InChI is InChI=1S/C12H16F3NO2/c1-9(8-17-2)7-16-10-5-3-4-6-11(10)18-12(13,14)15/h3-6,9,16H,7-8H2,1-2H3. The summed E-state index contributed by atoms with van der Waals surface area (Å²) in [7, 11) is 1.58. The summed E-state index contributed by atoms with van der Waals surface area (Å²) in [5.41, 5.74) is 0.317. The third kappa shape index (κ3) is 5.27.